The molecule has 0 saturated carbocycles. The van der Waals surface area contributed by atoms with Crippen molar-refractivity contribution in [2.24, 2.45) is 14.1 Å². The maximum Gasteiger partial charge on any atom is 0.330 e. The number of ether oxygens (including phenoxy) is 1. The number of carbonyl (C=O) groups excluding carboxylic acids is 1. The second kappa shape index (κ2) is 11.3. The summed E-state index contributed by atoms with van der Waals surface area (Å²) in [5.74, 6) is -0.000495. The molecule has 2 heterocycles. The van der Waals surface area contributed by atoms with E-state index in [2.05, 4.69) is 23.6 Å². The smallest absolute Gasteiger partial charge is 0.330 e. The van der Waals surface area contributed by atoms with Crippen LogP contribution in [0.3, 0.4) is 0 Å². The molecule has 0 unspecified atom stereocenters. The first-order chi connectivity index (χ1) is 19.7. The average Bonchev–Trinajstić information content (AvgIpc) is 3.37. The lowest BCUT2D eigenvalue weighted by atomic mass is 9.96. The molecule has 2 N–H and O–H groups in total. The summed E-state index contributed by atoms with van der Waals surface area (Å²) in [4.78, 5) is 42.6. The molecule has 2 aromatic heterocycles. The molecular weight excluding hydrogens is 542 g/mol. The van der Waals surface area contributed by atoms with E-state index in [4.69, 9.17) is 21.3 Å². The van der Waals surface area contributed by atoms with Crippen molar-refractivity contribution >= 4 is 23.2 Å². The van der Waals surface area contributed by atoms with Crippen LogP contribution >= 0.6 is 11.6 Å². The molecule has 10 heteroatoms. The fourth-order valence-corrected chi connectivity index (χ4v) is 5.83. The fourth-order valence-electron chi connectivity index (χ4n) is 5.50. The van der Waals surface area contributed by atoms with Crippen LogP contribution in [-0.2, 0) is 20.5 Å². The van der Waals surface area contributed by atoms with Gasteiger partial charge in [-0.15, -0.1) is 0 Å². The molecule has 41 heavy (non-hydrogen) atoms. The minimum absolute atomic E-state index is 0.132. The number of aryl methyl sites for hydroxylation is 2. The van der Waals surface area contributed by atoms with E-state index >= 15 is 0 Å². The monoisotopic (exact) mass is 573 g/mol. The van der Waals surface area contributed by atoms with Gasteiger partial charge in [-0.1, -0.05) is 48.9 Å². The molecule has 0 fully saturated rings. The van der Waals surface area contributed by atoms with Crippen LogP contribution in [0.1, 0.15) is 46.4 Å². The maximum absolute atomic E-state index is 13.1. The molecular formula is C31H32ClN5O4. The van der Waals surface area contributed by atoms with Gasteiger partial charge in [-0.05, 0) is 55.1 Å². The molecule has 0 aliphatic heterocycles. The third kappa shape index (κ3) is 5.07. The standard InChI is InChI=1S/C31H32ClN5O4/c1-6-33-24-14-13-18-15-25(35-29(41-5)26(18)24)21-11-7-10-20(27(21)32)19-9-8-12-23(17(19)2)34-28(38)22-16-36(3)31(40)37(4)30(22)39/h7-12,15-16,24,33H,6,13-14H2,1-5H3,(H,34,38)/t24-/m0/s1. The van der Waals surface area contributed by atoms with E-state index in [-0.39, 0.29) is 11.6 Å². The van der Waals surface area contributed by atoms with Crippen molar-refractivity contribution in [2.75, 3.05) is 19.0 Å². The molecule has 4 aromatic rings. The molecule has 1 amide bonds. The van der Waals surface area contributed by atoms with Crippen LogP contribution in [0.25, 0.3) is 22.4 Å². The second-order valence-corrected chi connectivity index (χ2v) is 10.5. The van der Waals surface area contributed by atoms with Gasteiger partial charge in [0, 0.05) is 48.7 Å². The van der Waals surface area contributed by atoms with Crippen LogP contribution < -0.4 is 26.6 Å². The van der Waals surface area contributed by atoms with E-state index in [1.165, 1.54) is 30.4 Å². The number of aromatic nitrogens is 3. The number of fused-ring (bicyclic) bond motifs is 1. The van der Waals surface area contributed by atoms with Gasteiger partial charge in [-0.25, -0.2) is 9.78 Å². The third-order valence-corrected chi connectivity index (χ3v) is 8.05. The number of hydrogen-bond acceptors (Lipinski definition) is 6. The summed E-state index contributed by atoms with van der Waals surface area (Å²) in [5.41, 5.74) is 5.42. The van der Waals surface area contributed by atoms with Gasteiger partial charge < -0.3 is 19.9 Å². The van der Waals surface area contributed by atoms with Crippen LogP contribution in [0, 0.1) is 6.92 Å². The van der Waals surface area contributed by atoms with Crippen molar-refractivity contribution in [3.8, 4) is 28.3 Å². The number of amides is 1. The van der Waals surface area contributed by atoms with Gasteiger partial charge in [0.25, 0.3) is 11.5 Å². The number of nitrogens with zero attached hydrogens (tertiary/aromatic N) is 3. The molecule has 1 atom stereocenters. The van der Waals surface area contributed by atoms with Gasteiger partial charge in [0.05, 0.1) is 17.8 Å². The summed E-state index contributed by atoms with van der Waals surface area (Å²) in [6.07, 6.45) is 3.16. The number of halogens is 1. The predicted octanol–water partition coefficient (Wildman–Crippen LogP) is 4.63. The van der Waals surface area contributed by atoms with E-state index in [1.807, 2.05) is 37.3 Å². The Bertz CT molecular complexity index is 1790. The van der Waals surface area contributed by atoms with Crippen molar-refractivity contribution in [1.29, 1.82) is 0 Å². The molecule has 0 spiro atoms. The number of nitrogens with one attached hydrogen (secondary N) is 2. The number of carbonyl (C=O) groups is 1. The molecule has 0 bridgehead atoms. The van der Waals surface area contributed by atoms with Crippen LogP contribution in [0.15, 0.2) is 58.3 Å². The largest absolute Gasteiger partial charge is 0.481 e. The number of hydrogen-bond donors (Lipinski definition) is 2. The zero-order valence-corrected chi connectivity index (χ0v) is 24.4. The van der Waals surface area contributed by atoms with Crippen molar-refractivity contribution in [1.82, 2.24) is 19.4 Å². The molecule has 0 radical (unpaired) electrons. The Morgan fingerprint density at radius 1 is 1.12 bits per heavy atom. The number of rotatable bonds is 7. The van der Waals surface area contributed by atoms with E-state index in [0.29, 0.717) is 16.6 Å². The summed E-state index contributed by atoms with van der Waals surface area (Å²) in [7, 11) is 4.47. The summed E-state index contributed by atoms with van der Waals surface area (Å²) in [6.45, 7) is 4.83. The average molecular weight is 574 g/mol. The van der Waals surface area contributed by atoms with Gasteiger partial charge in [0.15, 0.2) is 0 Å². The Hall–Kier alpha value is -4.21. The molecule has 0 saturated heterocycles. The lowest BCUT2D eigenvalue weighted by Gasteiger charge is -2.18. The zero-order valence-electron chi connectivity index (χ0n) is 23.7. The molecule has 2 aromatic carbocycles. The highest BCUT2D eigenvalue weighted by molar-refractivity contribution is 6.36. The molecule has 9 nitrogen and oxygen atoms in total. The second-order valence-electron chi connectivity index (χ2n) is 10.1. The fraction of sp³-hybridized carbons (Fsp3) is 0.290. The summed E-state index contributed by atoms with van der Waals surface area (Å²) >= 11 is 7.04. The minimum Gasteiger partial charge on any atom is -0.481 e. The van der Waals surface area contributed by atoms with Gasteiger partial charge in [0.2, 0.25) is 5.88 Å². The van der Waals surface area contributed by atoms with E-state index < -0.39 is 17.2 Å². The number of anilines is 1. The SMILES string of the molecule is CCN[C@H]1CCc2cc(-c3cccc(-c4cccc(NC(=O)c5cn(C)c(=O)n(C)c5=O)c4C)c3Cl)nc(OC)c21. The molecule has 5 rings (SSSR count). The van der Waals surface area contributed by atoms with Crippen molar-refractivity contribution in [3.63, 3.8) is 0 Å². The first-order valence-electron chi connectivity index (χ1n) is 13.4. The van der Waals surface area contributed by atoms with Gasteiger partial charge in [0.1, 0.15) is 5.56 Å². The number of methoxy groups -OCH3 is 1. The van der Waals surface area contributed by atoms with Gasteiger partial charge >= 0.3 is 5.69 Å². The number of pyridine rings is 1. The Morgan fingerprint density at radius 2 is 1.83 bits per heavy atom. The van der Waals surface area contributed by atoms with Crippen LogP contribution in [-0.4, -0.2) is 33.7 Å². The molecule has 212 valence electrons. The van der Waals surface area contributed by atoms with E-state index in [0.717, 1.165) is 57.5 Å². The highest BCUT2D eigenvalue weighted by Gasteiger charge is 2.28. The van der Waals surface area contributed by atoms with Gasteiger partial charge in [-0.2, -0.15) is 0 Å². The molecule has 1 aliphatic carbocycles. The Balaban J connectivity index is 1.52. The van der Waals surface area contributed by atoms with Crippen LogP contribution in [0.4, 0.5) is 5.69 Å². The van der Waals surface area contributed by atoms with Gasteiger partial charge in [-0.3, -0.25) is 14.2 Å². The topological polar surface area (TPSA) is 107 Å². The summed E-state index contributed by atoms with van der Waals surface area (Å²) in [5, 5.41) is 6.87. The van der Waals surface area contributed by atoms with Crippen LogP contribution in [0.2, 0.25) is 5.02 Å². The van der Waals surface area contributed by atoms with Crippen molar-refractivity contribution < 1.29 is 9.53 Å². The lowest BCUT2D eigenvalue weighted by molar-refractivity contribution is 0.102. The first kappa shape index (κ1) is 28.3. The Morgan fingerprint density at radius 3 is 2.56 bits per heavy atom. The normalized spacial score (nSPS) is 14.1. The molecule has 1 aliphatic rings. The van der Waals surface area contributed by atoms with Crippen LogP contribution in [0.5, 0.6) is 5.88 Å². The summed E-state index contributed by atoms with van der Waals surface area (Å²) in [6, 6.07) is 13.6. The highest BCUT2D eigenvalue weighted by atomic mass is 35.5. The highest BCUT2D eigenvalue weighted by Crippen LogP contribution is 2.43. The maximum atomic E-state index is 13.1. The van der Waals surface area contributed by atoms with E-state index in [1.54, 1.807) is 13.2 Å². The number of benzene rings is 2. The van der Waals surface area contributed by atoms with Crippen molar-refractivity contribution in [3.05, 3.63) is 96.8 Å². The summed E-state index contributed by atoms with van der Waals surface area (Å²) < 4.78 is 7.82. The van der Waals surface area contributed by atoms with E-state index in [9.17, 15) is 14.4 Å². The Labute approximate surface area is 242 Å². The quantitative estimate of drug-likeness (QED) is 0.334. The minimum atomic E-state index is -0.663. The Kier molecular flexibility index (Phi) is 7.84. The zero-order chi connectivity index (χ0) is 29.4. The first-order valence-corrected chi connectivity index (χ1v) is 13.8. The third-order valence-electron chi connectivity index (χ3n) is 7.64. The lowest BCUT2D eigenvalue weighted by Crippen LogP contribution is -2.40. The predicted molar refractivity (Wildman–Crippen MR) is 161 cm³/mol. The van der Waals surface area contributed by atoms with Crippen molar-refractivity contribution in [2.45, 2.75) is 32.7 Å².